The molecule has 9 heteroatoms. The SMILES string of the molecule is CCO[Si](C=C[Si](C)(C)C=C[Si](OCC)(OCC)OCC)(OCC)OCC. The van der Waals surface area contributed by atoms with Crippen LogP contribution in [-0.4, -0.2) is 65.3 Å². The van der Waals surface area contributed by atoms with Crippen molar-refractivity contribution < 1.29 is 26.6 Å². The quantitative estimate of drug-likeness (QED) is 0.340. The molecule has 0 saturated carbocycles. The maximum atomic E-state index is 5.91. The molecular formula is C18H40O6Si3. The molecule has 0 aliphatic carbocycles. The summed E-state index contributed by atoms with van der Waals surface area (Å²) in [5.41, 5.74) is 8.48. The first-order chi connectivity index (χ1) is 12.8. The number of hydrogen-bond donors (Lipinski definition) is 0. The predicted molar refractivity (Wildman–Crippen MR) is 117 cm³/mol. The van der Waals surface area contributed by atoms with Gasteiger partial charge in [0, 0.05) is 39.6 Å². The first-order valence-electron chi connectivity index (χ1n) is 10.0. The lowest BCUT2D eigenvalue weighted by molar-refractivity contribution is 0.0836. The van der Waals surface area contributed by atoms with Gasteiger partial charge in [0.1, 0.15) is 0 Å². The van der Waals surface area contributed by atoms with Crippen molar-refractivity contribution >= 4 is 25.7 Å². The van der Waals surface area contributed by atoms with E-state index in [2.05, 4.69) is 24.5 Å². The van der Waals surface area contributed by atoms with Crippen LogP contribution < -0.4 is 0 Å². The van der Waals surface area contributed by atoms with Crippen molar-refractivity contribution in [3.05, 3.63) is 22.8 Å². The average Bonchev–Trinajstić information content (AvgIpc) is 2.60. The molecule has 27 heavy (non-hydrogen) atoms. The molecule has 0 aromatic heterocycles. The highest BCUT2D eigenvalue weighted by Crippen LogP contribution is 2.18. The van der Waals surface area contributed by atoms with Gasteiger partial charge in [0.2, 0.25) is 0 Å². The van der Waals surface area contributed by atoms with Gasteiger partial charge in [-0.25, -0.2) is 0 Å². The average molecular weight is 437 g/mol. The van der Waals surface area contributed by atoms with Crippen LogP contribution in [-0.2, 0) is 26.6 Å². The number of rotatable bonds is 16. The minimum absolute atomic E-state index is 0.559. The number of hydrogen-bond acceptors (Lipinski definition) is 6. The Morgan fingerprint density at radius 1 is 0.444 bits per heavy atom. The third kappa shape index (κ3) is 10.3. The van der Waals surface area contributed by atoms with E-state index in [1.165, 1.54) is 0 Å². The van der Waals surface area contributed by atoms with E-state index in [0.29, 0.717) is 39.6 Å². The van der Waals surface area contributed by atoms with E-state index in [1.807, 2.05) is 52.9 Å². The molecule has 0 bridgehead atoms. The molecule has 0 aliphatic heterocycles. The second-order valence-electron chi connectivity index (χ2n) is 6.29. The van der Waals surface area contributed by atoms with Crippen molar-refractivity contribution in [3.63, 3.8) is 0 Å². The zero-order valence-electron chi connectivity index (χ0n) is 18.5. The Labute approximate surface area is 169 Å². The first-order valence-corrected chi connectivity index (χ1v) is 16.8. The lowest BCUT2D eigenvalue weighted by atomic mass is 10.9. The van der Waals surface area contributed by atoms with Crippen LogP contribution in [0.2, 0.25) is 13.1 Å². The Kier molecular flexibility index (Phi) is 13.9. The van der Waals surface area contributed by atoms with Gasteiger partial charge in [-0.1, -0.05) is 24.5 Å². The topological polar surface area (TPSA) is 55.4 Å². The summed E-state index contributed by atoms with van der Waals surface area (Å²) in [6.07, 6.45) is 0. The largest absolute Gasteiger partial charge is 0.528 e. The van der Waals surface area contributed by atoms with Gasteiger partial charge < -0.3 is 26.6 Å². The highest BCUT2D eigenvalue weighted by atomic mass is 28.4. The van der Waals surface area contributed by atoms with Gasteiger partial charge in [-0.2, -0.15) is 0 Å². The van der Waals surface area contributed by atoms with E-state index in [9.17, 15) is 0 Å². The molecule has 0 radical (unpaired) electrons. The Bertz CT molecular complexity index is 371. The second-order valence-corrected chi connectivity index (χ2v) is 15.4. The monoisotopic (exact) mass is 436 g/mol. The van der Waals surface area contributed by atoms with E-state index < -0.39 is 25.7 Å². The van der Waals surface area contributed by atoms with Crippen LogP contribution in [0.3, 0.4) is 0 Å². The van der Waals surface area contributed by atoms with Gasteiger partial charge in [-0.05, 0) is 52.9 Å². The Hall–Kier alpha value is -0.109. The summed E-state index contributed by atoms with van der Waals surface area (Å²) < 4.78 is 35.4. The highest BCUT2D eigenvalue weighted by molar-refractivity contribution is 6.89. The van der Waals surface area contributed by atoms with Crippen LogP contribution in [0.4, 0.5) is 0 Å². The molecule has 0 saturated heterocycles. The molecule has 0 fully saturated rings. The van der Waals surface area contributed by atoms with Gasteiger partial charge in [0.05, 0.1) is 8.07 Å². The van der Waals surface area contributed by atoms with Crippen molar-refractivity contribution in [1.82, 2.24) is 0 Å². The first kappa shape index (κ1) is 26.9. The summed E-state index contributed by atoms with van der Waals surface area (Å²) >= 11 is 0. The molecule has 0 unspecified atom stereocenters. The van der Waals surface area contributed by atoms with Crippen molar-refractivity contribution in [2.75, 3.05) is 39.6 Å². The molecule has 0 atom stereocenters. The molecule has 160 valence electrons. The van der Waals surface area contributed by atoms with Crippen LogP contribution >= 0.6 is 0 Å². The van der Waals surface area contributed by atoms with Crippen molar-refractivity contribution in [2.24, 2.45) is 0 Å². The predicted octanol–water partition coefficient (Wildman–Crippen LogP) is 4.06. The second kappa shape index (κ2) is 14.0. The fourth-order valence-electron chi connectivity index (χ4n) is 2.44. The summed E-state index contributed by atoms with van der Waals surface area (Å²) in [7, 11) is -7.44. The van der Waals surface area contributed by atoms with E-state index in [0.717, 1.165) is 0 Å². The van der Waals surface area contributed by atoms with Crippen LogP contribution in [0.15, 0.2) is 22.8 Å². The van der Waals surface area contributed by atoms with E-state index in [-0.39, 0.29) is 0 Å². The fourth-order valence-corrected chi connectivity index (χ4v) is 11.1. The summed E-state index contributed by atoms with van der Waals surface area (Å²) in [6, 6.07) is 0. The highest BCUT2D eigenvalue weighted by Gasteiger charge is 2.40. The zero-order chi connectivity index (χ0) is 20.8. The van der Waals surface area contributed by atoms with Crippen LogP contribution in [0, 0.1) is 0 Å². The summed E-state index contributed by atoms with van der Waals surface area (Å²) in [5, 5.41) is 0. The lowest BCUT2D eigenvalue weighted by Crippen LogP contribution is -2.46. The third-order valence-corrected chi connectivity index (χ3v) is 11.5. The van der Waals surface area contributed by atoms with Crippen LogP contribution in [0.25, 0.3) is 0 Å². The van der Waals surface area contributed by atoms with E-state index in [1.54, 1.807) is 0 Å². The van der Waals surface area contributed by atoms with Crippen LogP contribution in [0.5, 0.6) is 0 Å². The molecule has 0 rings (SSSR count). The lowest BCUT2D eigenvalue weighted by Gasteiger charge is -2.27. The maximum Gasteiger partial charge on any atom is 0.528 e. The van der Waals surface area contributed by atoms with Crippen molar-refractivity contribution in [2.45, 2.75) is 54.6 Å². The van der Waals surface area contributed by atoms with Gasteiger partial charge in [0.15, 0.2) is 0 Å². The molecular weight excluding hydrogens is 396 g/mol. The fraction of sp³-hybridized carbons (Fsp3) is 0.778. The minimum Gasteiger partial charge on any atom is -0.371 e. The minimum atomic E-state index is -2.79. The summed E-state index contributed by atoms with van der Waals surface area (Å²) in [4.78, 5) is 0. The maximum absolute atomic E-state index is 5.91. The van der Waals surface area contributed by atoms with Gasteiger partial charge in [0.25, 0.3) is 0 Å². The van der Waals surface area contributed by atoms with Crippen molar-refractivity contribution in [1.29, 1.82) is 0 Å². The zero-order valence-corrected chi connectivity index (χ0v) is 21.5. The Morgan fingerprint density at radius 3 is 0.852 bits per heavy atom. The summed E-state index contributed by atoms with van der Waals surface area (Å²) in [6.45, 7) is 19.6. The van der Waals surface area contributed by atoms with Crippen molar-refractivity contribution in [3.8, 4) is 0 Å². The molecule has 0 N–H and O–H groups in total. The molecule has 0 heterocycles. The summed E-state index contributed by atoms with van der Waals surface area (Å²) in [5.74, 6) is 0. The normalized spacial score (nSPS) is 13.9. The van der Waals surface area contributed by atoms with Crippen LogP contribution in [0.1, 0.15) is 41.5 Å². The van der Waals surface area contributed by atoms with Gasteiger partial charge >= 0.3 is 17.6 Å². The van der Waals surface area contributed by atoms with Gasteiger partial charge in [-0.15, -0.1) is 0 Å². The Morgan fingerprint density at radius 2 is 0.667 bits per heavy atom. The molecule has 6 nitrogen and oxygen atoms in total. The molecule has 0 aromatic rings. The molecule has 0 aliphatic rings. The third-order valence-electron chi connectivity index (χ3n) is 3.51. The van der Waals surface area contributed by atoms with E-state index >= 15 is 0 Å². The standard InChI is InChI=1S/C18H40O6Si3/c1-9-19-26(20-10-2,21-11-3)17-15-25(7,8)16-18-27(22-12-4,23-13-5)24-14-6/h15-18H,9-14H2,1-8H3. The van der Waals surface area contributed by atoms with E-state index in [4.69, 9.17) is 26.6 Å². The smallest absolute Gasteiger partial charge is 0.371 e. The molecule has 0 amide bonds. The molecule has 0 spiro atoms. The van der Waals surface area contributed by atoms with Gasteiger partial charge in [-0.3, -0.25) is 0 Å². The Balaban J connectivity index is 5.54. The molecule has 0 aromatic carbocycles.